The summed E-state index contributed by atoms with van der Waals surface area (Å²) < 4.78 is 16.6. The maximum Gasteiger partial charge on any atom is 0.250 e. The van der Waals surface area contributed by atoms with E-state index in [2.05, 4.69) is 5.32 Å². The fourth-order valence-electron chi connectivity index (χ4n) is 2.30. The molecule has 2 aromatic rings. The normalized spacial score (nSPS) is 13.2. The summed E-state index contributed by atoms with van der Waals surface area (Å²) in [5.41, 5.74) is 1.49. The summed E-state index contributed by atoms with van der Waals surface area (Å²) in [5.74, 6) is 0.899. The van der Waals surface area contributed by atoms with Gasteiger partial charge in [0.15, 0.2) is 11.5 Å². The Morgan fingerprint density at radius 2 is 1.83 bits per heavy atom. The van der Waals surface area contributed by atoms with Crippen LogP contribution in [0.15, 0.2) is 42.5 Å². The van der Waals surface area contributed by atoms with Gasteiger partial charge in [-0.2, -0.15) is 0 Å². The number of carbonyl (C=O) groups is 1. The van der Waals surface area contributed by atoms with Crippen LogP contribution in [0.1, 0.15) is 12.0 Å². The van der Waals surface area contributed by atoms with Crippen LogP contribution in [0.3, 0.4) is 0 Å². The number of benzene rings is 2. The van der Waals surface area contributed by atoms with Gasteiger partial charge in [-0.25, -0.2) is 0 Å². The van der Waals surface area contributed by atoms with Crippen molar-refractivity contribution in [3.8, 4) is 11.5 Å². The largest absolute Gasteiger partial charge is 0.490 e. The summed E-state index contributed by atoms with van der Waals surface area (Å²) >= 11 is 6.20. The molecule has 0 saturated heterocycles. The van der Waals surface area contributed by atoms with Gasteiger partial charge in [-0.3, -0.25) is 4.79 Å². The first-order chi connectivity index (χ1) is 11.7. The molecule has 1 heterocycles. The second kappa shape index (κ2) is 8.04. The highest BCUT2D eigenvalue weighted by molar-refractivity contribution is 6.34. The van der Waals surface area contributed by atoms with Crippen LogP contribution >= 0.6 is 11.6 Å². The zero-order valence-corrected chi connectivity index (χ0v) is 13.8. The van der Waals surface area contributed by atoms with E-state index in [-0.39, 0.29) is 12.5 Å². The molecule has 2 aromatic carbocycles. The van der Waals surface area contributed by atoms with Crippen LogP contribution in [0.4, 0.5) is 5.69 Å². The van der Waals surface area contributed by atoms with Gasteiger partial charge in [-0.15, -0.1) is 0 Å². The Hall–Kier alpha value is -2.24. The molecule has 1 amide bonds. The Kier molecular flexibility index (Phi) is 5.56. The number of hydrogen-bond donors (Lipinski definition) is 1. The van der Waals surface area contributed by atoms with Crippen LogP contribution in [0.25, 0.3) is 0 Å². The van der Waals surface area contributed by atoms with Crippen LogP contribution in [0.5, 0.6) is 11.5 Å². The van der Waals surface area contributed by atoms with E-state index in [1.54, 1.807) is 12.1 Å². The molecule has 5 nitrogen and oxygen atoms in total. The van der Waals surface area contributed by atoms with Gasteiger partial charge >= 0.3 is 0 Å². The van der Waals surface area contributed by atoms with Crippen LogP contribution in [0.2, 0.25) is 5.02 Å². The van der Waals surface area contributed by atoms with E-state index in [0.717, 1.165) is 12.0 Å². The second-order valence-electron chi connectivity index (χ2n) is 5.36. The van der Waals surface area contributed by atoms with Crippen LogP contribution in [-0.2, 0) is 16.1 Å². The van der Waals surface area contributed by atoms with Gasteiger partial charge in [-0.1, -0.05) is 41.9 Å². The first-order valence-electron chi connectivity index (χ1n) is 7.73. The first kappa shape index (κ1) is 16.6. The Balaban J connectivity index is 1.57. The van der Waals surface area contributed by atoms with Crippen molar-refractivity contribution in [2.45, 2.75) is 13.0 Å². The molecule has 0 unspecified atom stereocenters. The highest BCUT2D eigenvalue weighted by Crippen LogP contribution is 2.37. The van der Waals surface area contributed by atoms with Crippen molar-refractivity contribution in [1.29, 1.82) is 0 Å². The third-order valence-corrected chi connectivity index (χ3v) is 3.77. The average molecular weight is 348 g/mol. The third-order valence-electron chi connectivity index (χ3n) is 3.46. The summed E-state index contributed by atoms with van der Waals surface area (Å²) in [6, 6.07) is 13.0. The summed E-state index contributed by atoms with van der Waals surface area (Å²) in [6.07, 6.45) is 0.807. The standard InChI is InChI=1S/C18H18ClNO4/c19-14-9-16-17(24-8-4-7-23-16)10-15(14)20-18(21)12-22-11-13-5-2-1-3-6-13/h1-3,5-6,9-10H,4,7-8,11-12H2,(H,20,21). The molecule has 0 radical (unpaired) electrons. The number of anilines is 1. The van der Waals surface area contributed by atoms with Crippen LogP contribution in [0, 0.1) is 0 Å². The van der Waals surface area contributed by atoms with Gasteiger partial charge < -0.3 is 19.5 Å². The first-order valence-corrected chi connectivity index (χ1v) is 8.11. The van der Waals surface area contributed by atoms with E-state index >= 15 is 0 Å². The molecule has 0 fully saturated rings. The summed E-state index contributed by atoms with van der Waals surface area (Å²) in [5, 5.41) is 3.13. The molecule has 1 aliphatic heterocycles. The number of nitrogens with one attached hydrogen (secondary N) is 1. The minimum absolute atomic E-state index is 0.0559. The summed E-state index contributed by atoms with van der Waals surface area (Å²) in [6.45, 7) is 1.48. The fourth-order valence-corrected chi connectivity index (χ4v) is 2.50. The molecule has 0 saturated carbocycles. The van der Waals surface area contributed by atoms with Crippen molar-refractivity contribution < 1.29 is 19.0 Å². The van der Waals surface area contributed by atoms with E-state index in [1.807, 2.05) is 30.3 Å². The topological polar surface area (TPSA) is 56.8 Å². The number of carbonyl (C=O) groups excluding carboxylic acids is 1. The SMILES string of the molecule is O=C(COCc1ccccc1)Nc1cc2c(cc1Cl)OCCCO2. The van der Waals surface area contributed by atoms with E-state index in [1.165, 1.54) is 0 Å². The van der Waals surface area contributed by atoms with E-state index in [9.17, 15) is 4.79 Å². The number of amides is 1. The Morgan fingerprint density at radius 1 is 1.12 bits per heavy atom. The Labute approximate surface area is 145 Å². The lowest BCUT2D eigenvalue weighted by atomic mass is 10.2. The minimum Gasteiger partial charge on any atom is -0.490 e. The third kappa shape index (κ3) is 4.40. The van der Waals surface area contributed by atoms with E-state index in [0.29, 0.717) is 42.0 Å². The molecule has 0 spiro atoms. The molecule has 24 heavy (non-hydrogen) atoms. The molecule has 0 aliphatic carbocycles. The monoisotopic (exact) mass is 347 g/mol. The van der Waals surface area contributed by atoms with Gasteiger partial charge in [0.2, 0.25) is 5.91 Å². The van der Waals surface area contributed by atoms with Crippen molar-refractivity contribution in [2.24, 2.45) is 0 Å². The van der Waals surface area contributed by atoms with E-state index in [4.69, 9.17) is 25.8 Å². The Bertz CT molecular complexity index is 706. The lowest BCUT2D eigenvalue weighted by molar-refractivity contribution is -0.121. The van der Waals surface area contributed by atoms with Gasteiger partial charge in [0.1, 0.15) is 6.61 Å². The summed E-state index contributed by atoms with van der Waals surface area (Å²) in [7, 11) is 0. The maximum absolute atomic E-state index is 12.0. The number of hydrogen-bond acceptors (Lipinski definition) is 4. The van der Waals surface area contributed by atoms with Gasteiger partial charge in [0.25, 0.3) is 0 Å². The van der Waals surface area contributed by atoms with Crippen molar-refractivity contribution in [3.05, 3.63) is 53.1 Å². The quantitative estimate of drug-likeness (QED) is 0.896. The molecule has 0 bridgehead atoms. The van der Waals surface area contributed by atoms with E-state index < -0.39 is 0 Å². The molecule has 3 rings (SSSR count). The predicted molar refractivity (Wildman–Crippen MR) is 91.8 cm³/mol. The van der Waals surface area contributed by atoms with Gasteiger partial charge in [0, 0.05) is 18.6 Å². The maximum atomic E-state index is 12.0. The number of fused-ring (bicyclic) bond motifs is 1. The molecule has 1 aliphatic rings. The second-order valence-corrected chi connectivity index (χ2v) is 5.76. The predicted octanol–water partition coefficient (Wildman–Crippen LogP) is 3.66. The highest BCUT2D eigenvalue weighted by Gasteiger charge is 2.15. The molecule has 6 heteroatoms. The van der Waals surface area contributed by atoms with Crippen molar-refractivity contribution in [2.75, 3.05) is 25.1 Å². The molecular weight excluding hydrogens is 330 g/mol. The zero-order valence-electron chi connectivity index (χ0n) is 13.1. The highest BCUT2D eigenvalue weighted by atomic mass is 35.5. The Morgan fingerprint density at radius 3 is 2.58 bits per heavy atom. The van der Waals surface area contributed by atoms with Crippen molar-refractivity contribution in [1.82, 2.24) is 0 Å². The molecule has 0 atom stereocenters. The smallest absolute Gasteiger partial charge is 0.250 e. The van der Waals surface area contributed by atoms with Gasteiger partial charge in [-0.05, 0) is 5.56 Å². The molecular formula is C18H18ClNO4. The molecule has 0 aromatic heterocycles. The number of halogens is 1. The average Bonchev–Trinajstić information content (AvgIpc) is 2.81. The summed E-state index contributed by atoms with van der Waals surface area (Å²) in [4.78, 5) is 12.0. The fraction of sp³-hybridized carbons (Fsp3) is 0.278. The minimum atomic E-state index is -0.276. The van der Waals surface area contributed by atoms with Crippen LogP contribution < -0.4 is 14.8 Å². The molecule has 1 N–H and O–H groups in total. The van der Waals surface area contributed by atoms with Crippen molar-refractivity contribution >= 4 is 23.2 Å². The molecule has 126 valence electrons. The van der Waals surface area contributed by atoms with Gasteiger partial charge in [0.05, 0.1) is 30.5 Å². The number of ether oxygens (including phenoxy) is 3. The van der Waals surface area contributed by atoms with Crippen molar-refractivity contribution in [3.63, 3.8) is 0 Å². The zero-order chi connectivity index (χ0) is 16.8. The lowest BCUT2D eigenvalue weighted by Crippen LogP contribution is -2.18. The van der Waals surface area contributed by atoms with Crippen LogP contribution in [-0.4, -0.2) is 25.7 Å². The number of rotatable bonds is 5. The lowest BCUT2D eigenvalue weighted by Gasteiger charge is -2.12.